The van der Waals surface area contributed by atoms with Crippen LogP contribution < -0.4 is 19.5 Å². The van der Waals surface area contributed by atoms with Gasteiger partial charge in [0.2, 0.25) is 12.6 Å². The zero-order valence-corrected chi connectivity index (χ0v) is 17.8. The van der Waals surface area contributed by atoms with Crippen LogP contribution in [0, 0.1) is 6.92 Å². The van der Waals surface area contributed by atoms with Crippen molar-refractivity contribution in [3.05, 3.63) is 47.1 Å². The molecule has 2 aromatic heterocycles. The molecule has 10 nitrogen and oxygen atoms in total. The number of halogens is 3. The third-order valence-electron chi connectivity index (χ3n) is 4.97. The summed E-state index contributed by atoms with van der Waals surface area (Å²) in [6.07, 6.45) is -2.24. The summed E-state index contributed by atoms with van der Waals surface area (Å²) >= 11 is 0. The van der Waals surface area contributed by atoms with E-state index < -0.39 is 12.1 Å². The molecule has 0 atom stereocenters. The zero-order valence-electron chi connectivity index (χ0n) is 17.8. The Morgan fingerprint density at radius 1 is 1.26 bits per heavy atom. The maximum absolute atomic E-state index is 10.6. The van der Waals surface area contributed by atoms with E-state index >= 15 is 0 Å². The van der Waals surface area contributed by atoms with E-state index in [0.29, 0.717) is 29.0 Å². The van der Waals surface area contributed by atoms with Crippen LogP contribution in [0.25, 0.3) is 11.4 Å². The van der Waals surface area contributed by atoms with Gasteiger partial charge >= 0.3 is 12.1 Å². The van der Waals surface area contributed by atoms with Crippen LogP contribution in [0.5, 0.6) is 17.2 Å². The quantitative estimate of drug-likeness (QED) is 0.575. The summed E-state index contributed by atoms with van der Waals surface area (Å²) in [4.78, 5) is 17.9. The Bertz CT molecular complexity index is 1200. The van der Waals surface area contributed by atoms with Gasteiger partial charge in [0.15, 0.2) is 18.1 Å². The molecule has 2 aliphatic rings. The summed E-state index contributed by atoms with van der Waals surface area (Å²) in [5, 5.41) is 14.6. The minimum atomic E-state index is -5.08. The van der Waals surface area contributed by atoms with E-state index in [4.69, 9.17) is 28.6 Å². The number of benzene rings is 1. The summed E-state index contributed by atoms with van der Waals surface area (Å²) < 4.78 is 53.5. The molecule has 4 heterocycles. The first-order chi connectivity index (χ1) is 16.2. The number of aliphatic carboxylic acids is 1. The maximum Gasteiger partial charge on any atom is 0.490 e. The molecule has 0 aliphatic carbocycles. The fourth-order valence-corrected chi connectivity index (χ4v) is 3.39. The number of carboxylic acids is 1. The summed E-state index contributed by atoms with van der Waals surface area (Å²) in [7, 11) is 0. The highest BCUT2D eigenvalue weighted by Gasteiger charge is 2.38. The van der Waals surface area contributed by atoms with Crippen LogP contribution >= 0.6 is 0 Å². The van der Waals surface area contributed by atoms with Crippen molar-refractivity contribution in [3.63, 3.8) is 0 Å². The van der Waals surface area contributed by atoms with Gasteiger partial charge < -0.3 is 29.2 Å². The van der Waals surface area contributed by atoms with Crippen LogP contribution in [-0.4, -0.2) is 45.7 Å². The molecule has 0 saturated carbocycles. The molecule has 0 saturated heterocycles. The third kappa shape index (κ3) is 5.20. The summed E-state index contributed by atoms with van der Waals surface area (Å²) in [6.45, 7) is 4.12. The van der Waals surface area contributed by atoms with Gasteiger partial charge in [0.25, 0.3) is 5.89 Å². The van der Waals surface area contributed by atoms with Crippen molar-refractivity contribution in [1.29, 1.82) is 0 Å². The molecule has 0 radical (unpaired) electrons. The molecule has 180 valence electrons. The van der Waals surface area contributed by atoms with Crippen molar-refractivity contribution in [2.45, 2.75) is 32.7 Å². The van der Waals surface area contributed by atoms with Gasteiger partial charge in [-0.1, -0.05) is 5.16 Å². The summed E-state index contributed by atoms with van der Waals surface area (Å²) in [6, 6.07) is 5.42. The minimum Gasteiger partial charge on any atom is -0.484 e. The number of aromatic nitrogens is 3. The fourth-order valence-electron chi connectivity index (χ4n) is 3.39. The first-order valence-corrected chi connectivity index (χ1v) is 10.1. The third-order valence-corrected chi connectivity index (χ3v) is 4.97. The average molecular weight is 480 g/mol. The number of fused-ring (bicyclic) bond motifs is 2. The number of ether oxygens (including phenoxy) is 3. The van der Waals surface area contributed by atoms with Crippen molar-refractivity contribution in [3.8, 4) is 28.6 Å². The Balaban J connectivity index is 0.000000344. The Labute approximate surface area is 190 Å². The van der Waals surface area contributed by atoms with Crippen LogP contribution in [0.3, 0.4) is 0 Å². The predicted octanol–water partition coefficient (Wildman–Crippen LogP) is 3.03. The number of carboxylic acid groups (broad SMARTS) is 1. The molecule has 0 fully saturated rings. The van der Waals surface area contributed by atoms with Crippen LogP contribution in [0.1, 0.15) is 22.7 Å². The van der Waals surface area contributed by atoms with Crippen LogP contribution in [-0.2, 0) is 24.4 Å². The number of nitrogens with zero attached hydrogens (tertiary/aromatic N) is 3. The van der Waals surface area contributed by atoms with Gasteiger partial charge in [0.05, 0.1) is 0 Å². The Hall–Kier alpha value is -3.87. The number of aryl methyl sites for hydroxylation is 1. The maximum atomic E-state index is 10.6. The largest absolute Gasteiger partial charge is 0.490 e. The number of nitrogens with one attached hydrogen (secondary N) is 1. The summed E-state index contributed by atoms with van der Waals surface area (Å²) in [5.41, 5.74) is 4.29. The first kappa shape index (κ1) is 23.3. The zero-order chi connectivity index (χ0) is 24.3. The van der Waals surface area contributed by atoms with Crippen molar-refractivity contribution in [2.75, 3.05) is 13.3 Å². The highest BCUT2D eigenvalue weighted by molar-refractivity contribution is 5.73. The van der Waals surface area contributed by atoms with Gasteiger partial charge in [-0.05, 0) is 43.1 Å². The van der Waals surface area contributed by atoms with Gasteiger partial charge in [0.1, 0.15) is 5.75 Å². The van der Waals surface area contributed by atoms with Gasteiger partial charge in [-0.3, -0.25) is 4.98 Å². The number of pyridine rings is 1. The lowest BCUT2D eigenvalue weighted by Crippen LogP contribution is -2.24. The number of alkyl halides is 3. The molecular weight excluding hydrogens is 461 g/mol. The fraction of sp³-hybridized carbons (Fsp3) is 0.333. The highest BCUT2D eigenvalue weighted by Crippen LogP contribution is 2.35. The number of carbonyl (C=O) groups is 1. The standard InChI is InChI=1S/C19H18N4O4.C2HF3O2/c1-11-18(14-4-5-20-7-12(14)8-21-11)19-22-17(27-23-19)9-24-13-2-3-15-16(6-13)26-10-25-15;3-2(4,5)1(6)7/h2-3,6,8,20H,4-5,7,9-10H2,1H3;(H,6,7). The van der Waals surface area contributed by atoms with Gasteiger partial charge in [-0.2, -0.15) is 18.2 Å². The lowest BCUT2D eigenvalue weighted by Gasteiger charge is -2.19. The second-order valence-corrected chi connectivity index (χ2v) is 7.27. The molecular formula is C21H19F3N4O6. The van der Waals surface area contributed by atoms with Gasteiger partial charge in [0, 0.05) is 30.1 Å². The van der Waals surface area contributed by atoms with E-state index in [1.54, 1.807) is 6.07 Å². The molecule has 5 rings (SSSR count). The average Bonchev–Trinajstić information content (AvgIpc) is 3.46. The smallest absolute Gasteiger partial charge is 0.484 e. The Morgan fingerprint density at radius 2 is 2.03 bits per heavy atom. The Morgan fingerprint density at radius 3 is 2.79 bits per heavy atom. The lowest BCUT2D eigenvalue weighted by molar-refractivity contribution is -0.192. The SMILES string of the molecule is Cc1ncc2c(c1-c1noc(COc3ccc4c(c3)OCO4)n1)CCNC2.O=C(O)C(F)(F)F. The van der Waals surface area contributed by atoms with Crippen LogP contribution in [0.2, 0.25) is 0 Å². The van der Waals surface area contributed by atoms with Crippen molar-refractivity contribution < 1.29 is 41.8 Å². The normalized spacial score (nSPS) is 14.1. The van der Waals surface area contributed by atoms with Crippen LogP contribution in [0.15, 0.2) is 28.9 Å². The first-order valence-electron chi connectivity index (χ1n) is 10.1. The molecule has 3 aromatic rings. The van der Waals surface area contributed by atoms with Gasteiger partial charge in [-0.25, -0.2) is 4.79 Å². The van der Waals surface area contributed by atoms with Crippen LogP contribution in [0.4, 0.5) is 13.2 Å². The highest BCUT2D eigenvalue weighted by atomic mass is 19.4. The summed E-state index contributed by atoms with van der Waals surface area (Å²) in [5.74, 6) is 0.253. The molecule has 34 heavy (non-hydrogen) atoms. The van der Waals surface area contributed by atoms with E-state index in [-0.39, 0.29) is 13.4 Å². The van der Waals surface area contributed by atoms with Gasteiger partial charge in [-0.15, -0.1) is 0 Å². The van der Waals surface area contributed by atoms with Crippen molar-refractivity contribution in [1.82, 2.24) is 20.4 Å². The lowest BCUT2D eigenvalue weighted by atomic mass is 9.95. The minimum absolute atomic E-state index is 0.176. The molecule has 13 heteroatoms. The van der Waals surface area contributed by atoms with E-state index in [2.05, 4.69) is 20.4 Å². The number of hydrogen-bond donors (Lipinski definition) is 2. The molecule has 1 aromatic carbocycles. The molecule has 0 unspecified atom stereocenters. The second kappa shape index (κ2) is 9.55. The van der Waals surface area contributed by atoms with E-state index in [1.165, 1.54) is 11.1 Å². The molecule has 2 aliphatic heterocycles. The number of rotatable bonds is 4. The van der Waals surface area contributed by atoms with E-state index in [1.807, 2.05) is 25.3 Å². The van der Waals surface area contributed by atoms with E-state index in [9.17, 15) is 13.2 Å². The molecule has 2 N–H and O–H groups in total. The van der Waals surface area contributed by atoms with Crippen molar-refractivity contribution >= 4 is 5.97 Å². The molecule has 0 amide bonds. The monoisotopic (exact) mass is 480 g/mol. The second-order valence-electron chi connectivity index (χ2n) is 7.27. The van der Waals surface area contributed by atoms with E-state index in [0.717, 1.165) is 30.8 Å². The van der Waals surface area contributed by atoms with Crippen molar-refractivity contribution in [2.24, 2.45) is 0 Å². The predicted molar refractivity (Wildman–Crippen MR) is 108 cm³/mol. The molecule has 0 spiro atoms. The topological polar surface area (TPSA) is 129 Å². The number of hydrogen-bond acceptors (Lipinski definition) is 9. The Kier molecular flexibility index (Phi) is 6.54. The molecule has 0 bridgehead atoms.